The van der Waals surface area contributed by atoms with Gasteiger partial charge in [-0.25, -0.2) is 0 Å². The molecule has 2 heteroatoms. The maximum atomic E-state index is 10.6. The fourth-order valence-electron chi connectivity index (χ4n) is 3.04. The van der Waals surface area contributed by atoms with Crippen LogP contribution in [0.25, 0.3) is 0 Å². The smallest absolute Gasteiger partial charge is 0.0771 e. The van der Waals surface area contributed by atoms with E-state index in [1.807, 2.05) is 0 Å². The quantitative estimate of drug-likeness (QED) is 0.690. The molecule has 1 fully saturated rings. The summed E-state index contributed by atoms with van der Waals surface area (Å²) in [5.41, 5.74) is -0.425. The summed E-state index contributed by atoms with van der Waals surface area (Å²) in [5.74, 6) is 0.854. The van der Waals surface area contributed by atoms with Crippen LogP contribution in [-0.4, -0.2) is 23.3 Å². The van der Waals surface area contributed by atoms with Crippen molar-refractivity contribution in [2.75, 3.05) is 6.54 Å². The first-order valence-corrected chi connectivity index (χ1v) is 8.09. The van der Waals surface area contributed by atoms with Crippen LogP contribution in [-0.2, 0) is 0 Å². The normalized spacial score (nSPS) is 30.3. The number of hydrogen-bond donors (Lipinski definition) is 2. The van der Waals surface area contributed by atoms with Crippen molar-refractivity contribution in [1.29, 1.82) is 0 Å². The van der Waals surface area contributed by atoms with Crippen molar-refractivity contribution in [1.82, 2.24) is 5.32 Å². The van der Waals surface area contributed by atoms with Gasteiger partial charge in [-0.2, -0.15) is 0 Å². The Labute approximate surface area is 114 Å². The molecule has 0 saturated heterocycles. The summed E-state index contributed by atoms with van der Waals surface area (Å²) in [6, 6.07) is 0.595. The van der Waals surface area contributed by atoms with E-state index in [4.69, 9.17) is 0 Å². The van der Waals surface area contributed by atoms with Gasteiger partial charge in [0.15, 0.2) is 0 Å². The Kier molecular flexibility index (Phi) is 7.25. The monoisotopic (exact) mass is 255 g/mol. The number of unbranched alkanes of at least 4 members (excludes halogenated alkanes) is 1. The van der Waals surface area contributed by atoms with Crippen LogP contribution in [0, 0.1) is 5.92 Å². The van der Waals surface area contributed by atoms with Gasteiger partial charge < -0.3 is 10.4 Å². The molecule has 2 nitrogen and oxygen atoms in total. The Morgan fingerprint density at radius 1 is 1.22 bits per heavy atom. The molecule has 18 heavy (non-hydrogen) atoms. The number of hydrogen-bond acceptors (Lipinski definition) is 2. The summed E-state index contributed by atoms with van der Waals surface area (Å²) in [5, 5.41) is 14.2. The van der Waals surface area contributed by atoms with Gasteiger partial charge in [0, 0.05) is 12.6 Å². The molecule has 0 aromatic carbocycles. The van der Waals surface area contributed by atoms with Gasteiger partial charge in [-0.05, 0) is 44.4 Å². The second kappa shape index (κ2) is 8.16. The molecule has 2 N–H and O–H groups in total. The van der Waals surface area contributed by atoms with Crippen molar-refractivity contribution < 1.29 is 5.11 Å². The van der Waals surface area contributed by atoms with E-state index >= 15 is 0 Å². The summed E-state index contributed by atoms with van der Waals surface area (Å²) in [4.78, 5) is 0. The first-order chi connectivity index (χ1) is 8.63. The van der Waals surface area contributed by atoms with Gasteiger partial charge >= 0.3 is 0 Å². The molecule has 1 atom stereocenters. The lowest BCUT2D eigenvalue weighted by Crippen LogP contribution is -2.46. The Hall–Kier alpha value is -0.0800. The summed E-state index contributed by atoms with van der Waals surface area (Å²) in [6.07, 6.45) is 10.7. The lowest BCUT2D eigenvalue weighted by Gasteiger charge is -2.37. The average molecular weight is 255 g/mol. The van der Waals surface area contributed by atoms with Crippen LogP contribution in [0.4, 0.5) is 0 Å². The Bertz CT molecular complexity index is 209. The first kappa shape index (κ1) is 16.0. The van der Waals surface area contributed by atoms with Crippen LogP contribution >= 0.6 is 0 Å². The Morgan fingerprint density at radius 2 is 1.89 bits per heavy atom. The second-order valence-electron chi connectivity index (χ2n) is 6.20. The Balaban J connectivity index is 2.28. The predicted molar refractivity (Wildman–Crippen MR) is 78.8 cm³/mol. The van der Waals surface area contributed by atoms with Gasteiger partial charge in [0.25, 0.3) is 0 Å². The van der Waals surface area contributed by atoms with E-state index in [1.54, 1.807) is 0 Å². The van der Waals surface area contributed by atoms with Gasteiger partial charge in [-0.15, -0.1) is 0 Å². The zero-order chi connectivity index (χ0) is 13.4. The van der Waals surface area contributed by atoms with Crippen LogP contribution < -0.4 is 5.32 Å². The van der Waals surface area contributed by atoms with Crippen molar-refractivity contribution in [3.63, 3.8) is 0 Å². The third-order valence-electron chi connectivity index (χ3n) is 4.73. The highest BCUT2D eigenvalue weighted by Crippen LogP contribution is 2.33. The maximum Gasteiger partial charge on any atom is 0.0771 e. The van der Waals surface area contributed by atoms with Crippen molar-refractivity contribution in [3.05, 3.63) is 0 Å². The van der Waals surface area contributed by atoms with Crippen LogP contribution in [0.2, 0.25) is 0 Å². The van der Waals surface area contributed by atoms with Crippen molar-refractivity contribution in [2.45, 2.75) is 90.2 Å². The van der Waals surface area contributed by atoms with E-state index in [2.05, 4.69) is 26.1 Å². The minimum Gasteiger partial charge on any atom is -0.389 e. The van der Waals surface area contributed by atoms with Crippen molar-refractivity contribution in [2.24, 2.45) is 5.92 Å². The molecule has 0 aromatic rings. The lowest BCUT2D eigenvalue weighted by atomic mass is 9.77. The summed E-state index contributed by atoms with van der Waals surface area (Å²) in [7, 11) is 0. The van der Waals surface area contributed by atoms with E-state index in [-0.39, 0.29) is 0 Å². The molecule has 0 heterocycles. The van der Waals surface area contributed by atoms with E-state index in [0.29, 0.717) is 6.04 Å². The van der Waals surface area contributed by atoms with Crippen LogP contribution in [0.5, 0.6) is 0 Å². The lowest BCUT2D eigenvalue weighted by molar-refractivity contribution is -0.0109. The summed E-state index contributed by atoms with van der Waals surface area (Å²) in [6.45, 7) is 7.55. The Morgan fingerprint density at radius 3 is 2.39 bits per heavy atom. The maximum absolute atomic E-state index is 10.6. The highest BCUT2D eigenvalue weighted by molar-refractivity contribution is 4.88. The molecule has 0 bridgehead atoms. The molecule has 0 amide bonds. The molecular formula is C16H33NO. The zero-order valence-electron chi connectivity index (χ0n) is 12.7. The van der Waals surface area contributed by atoms with E-state index in [0.717, 1.165) is 25.3 Å². The molecule has 0 aromatic heterocycles. The standard InChI is InChI=1S/C16H33NO/c1-4-7-8-15(6-3)17-13-16(18)11-9-14(5-2)10-12-16/h14-15,17-18H,4-13H2,1-3H3. The first-order valence-electron chi connectivity index (χ1n) is 8.09. The fraction of sp³-hybridized carbons (Fsp3) is 1.00. The molecule has 1 aliphatic carbocycles. The summed E-state index contributed by atoms with van der Waals surface area (Å²) >= 11 is 0. The predicted octanol–water partition coefficient (Wildman–Crippen LogP) is 3.88. The highest BCUT2D eigenvalue weighted by Gasteiger charge is 2.32. The molecule has 0 radical (unpaired) electrons. The van der Waals surface area contributed by atoms with Gasteiger partial charge in [0.2, 0.25) is 0 Å². The van der Waals surface area contributed by atoms with Crippen LogP contribution in [0.3, 0.4) is 0 Å². The SMILES string of the molecule is CCCCC(CC)NCC1(O)CCC(CC)CC1. The van der Waals surface area contributed by atoms with E-state index in [9.17, 15) is 5.11 Å². The van der Waals surface area contributed by atoms with Crippen LogP contribution in [0.15, 0.2) is 0 Å². The van der Waals surface area contributed by atoms with E-state index < -0.39 is 5.60 Å². The fourth-order valence-corrected chi connectivity index (χ4v) is 3.04. The number of rotatable bonds is 8. The largest absolute Gasteiger partial charge is 0.389 e. The minimum atomic E-state index is -0.425. The third kappa shape index (κ3) is 5.27. The molecule has 1 unspecified atom stereocenters. The molecule has 1 aliphatic rings. The van der Waals surface area contributed by atoms with Crippen molar-refractivity contribution >= 4 is 0 Å². The third-order valence-corrected chi connectivity index (χ3v) is 4.73. The molecule has 1 rings (SSSR count). The molecule has 0 aliphatic heterocycles. The van der Waals surface area contributed by atoms with Gasteiger partial charge in [0.1, 0.15) is 0 Å². The van der Waals surface area contributed by atoms with Gasteiger partial charge in [0.05, 0.1) is 5.60 Å². The number of nitrogens with one attached hydrogen (secondary N) is 1. The molecular weight excluding hydrogens is 222 g/mol. The molecule has 108 valence electrons. The minimum absolute atomic E-state index is 0.425. The van der Waals surface area contributed by atoms with Gasteiger partial charge in [-0.3, -0.25) is 0 Å². The molecule has 1 saturated carbocycles. The van der Waals surface area contributed by atoms with Gasteiger partial charge in [-0.1, -0.05) is 40.0 Å². The number of aliphatic hydroxyl groups is 1. The van der Waals surface area contributed by atoms with Crippen LogP contribution in [0.1, 0.15) is 78.6 Å². The zero-order valence-corrected chi connectivity index (χ0v) is 12.7. The van der Waals surface area contributed by atoms with Crippen molar-refractivity contribution in [3.8, 4) is 0 Å². The van der Waals surface area contributed by atoms with E-state index in [1.165, 1.54) is 44.9 Å². The topological polar surface area (TPSA) is 32.3 Å². The molecule has 0 spiro atoms. The second-order valence-corrected chi connectivity index (χ2v) is 6.20. The summed E-state index contributed by atoms with van der Waals surface area (Å²) < 4.78 is 0. The average Bonchev–Trinajstić information content (AvgIpc) is 2.40. The highest BCUT2D eigenvalue weighted by atomic mass is 16.3.